The fraction of sp³-hybridized carbons (Fsp3) is 1.00. The highest BCUT2D eigenvalue weighted by atomic mass is 79.9. The molecular formula is C12H24BrN. The normalized spacial score (nSPS) is 21.0. The quantitative estimate of drug-likeness (QED) is 0.683. The van der Waals surface area contributed by atoms with Gasteiger partial charge in [0.2, 0.25) is 0 Å². The summed E-state index contributed by atoms with van der Waals surface area (Å²) in [7, 11) is 0. The average Bonchev–Trinajstić information content (AvgIpc) is 2.63. The molecule has 0 aromatic heterocycles. The molecule has 0 amide bonds. The lowest BCUT2D eigenvalue weighted by Crippen LogP contribution is -2.41. The molecule has 14 heavy (non-hydrogen) atoms. The van der Waals surface area contributed by atoms with E-state index >= 15 is 0 Å². The molecule has 2 heteroatoms. The molecule has 0 atom stereocenters. The maximum atomic E-state index is 3.71. The molecule has 1 nitrogen and oxygen atoms in total. The van der Waals surface area contributed by atoms with Crippen molar-refractivity contribution in [2.24, 2.45) is 5.41 Å². The highest BCUT2D eigenvalue weighted by molar-refractivity contribution is 9.09. The van der Waals surface area contributed by atoms with Gasteiger partial charge < -0.3 is 4.90 Å². The Bertz CT molecular complexity index is 162. The Kier molecular flexibility index (Phi) is 4.92. The van der Waals surface area contributed by atoms with Gasteiger partial charge in [0, 0.05) is 17.9 Å². The fourth-order valence-electron chi connectivity index (χ4n) is 2.55. The van der Waals surface area contributed by atoms with Gasteiger partial charge in [-0.15, -0.1) is 0 Å². The molecule has 0 aromatic carbocycles. The molecular weight excluding hydrogens is 238 g/mol. The first kappa shape index (κ1) is 12.5. The molecule has 0 aliphatic heterocycles. The number of hydrogen-bond donors (Lipinski definition) is 0. The summed E-state index contributed by atoms with van der Waals surface area (Å²) in [4.78, 5) is 2.60. The molecule has 1 fully saturated rings. The Hall–Kier alpha value is 0.440. The number of rotatable bonds is 5. The van der Waals surface area contributed by atoms with E-state index in [2.05, 4.69) is 41.6 Å². The second-order valence-corrected chi connectivity index (χ2v) is 5.56. The number of nitrogens with zero attached hydrogens (tertiary/aromatic N) is 1. The van der Waals surface area contributed by atoms with Crippen molar-refractivity contribution in [2.75, 3.05) is 18.4 Å². The topological polar surface area (TPSA) is 3.24 Å². The highest BCUT2D eigenvalue weighted by Crippen LogP contribution is 2.40. The largest absolute Gasteiger partial charge is 0.301 e. The van der Waals surface area contributed by atoms with Crippen molar-refractivity contribution in [1.29, 1.82) is 0 Å². The van der Waals surface area contributed by atoms with Crippen molar-refractivity contribution in [3.8, 4) is 0 Å². The molecule has 0 spiro atoms. The Morgan fingerprint density at radius 1 is 1.29 bits per heavy atom. The Morgan fingerprint density at radius 2 is 1.86 bits per heavy atom. The van der Waals surface area contributed by atoms with Crippen LogP contribution in [0.15, 0.2) is 0 Å². The maximum Gasteiger partial charge on any atom is 0.0100 e. The van der Waals surface area contributed by atoms with Gasteiger partial charge in [-0.05, 0) is 38.6 Å². The summed E-state index contributed by atoms with van der Waals surface area (Å²) >= 11 is 3.71. The molecule has 1 aliphatic carbocycles. The lowest BCUT2D eigenvalue weighted by atomic mass is 9.88. The Balaban J connectivity index is 2.53. The van der Waals surface area contributed by atoms with Crippen LogP contribution >= 0.6 is 15.9 Å². The third-order valence-corrected chi connectivity index (χ3v) is 4.81. The van der Waals surface area contributed by atoms with E-state index in [1.807, 2.05) is 0 Å². The molecule has 0 heterocycles. The van der Waals surface area contributed by atoms with Gasteiger partial charge in [-0.2, -0.15) is 0 Å². The lowest BCUT2D eigenvalue weighted by Gasteiger charge is -2.35. The number of hydrogen-bond acceptors (Lipinski definition) is 1. The number of halogens is 1. The molecule has 84 valence electrons. The van der Waals surface area contributed by atoms with Gasteiger partial charge in [0.1, 0.15) is 0 Å². The van der Waals surface area contributed by atoms with Crippen LogP contribution in [0.3, 0.4) is 0 Å². The monoisotopic (exact) mass is 261 g/mol. The molecule has 1 saturated carbocycles. The van der Waals surface area contributed by atoms with Crippen LogP contribution in [0, 0.1) is 5.41 Å². The van der Waals surface area contributed by atoms with Gasteiger partial charge in [0.25, 0.3) is 0 Å². The molecule has 0 N–H and O–H groups in total. The van der Waals surface area contributed by atoms with Crippen LogP contribution in [0.5, 0.6) is 0 Å². The van der Waals surface area contributed by atoms with Crippen LogP contribution < -0.4 is 0 Å². The molecule has 1 rings (SSSR count). The fourth-order valence-corrected chi connectivity index (χ4v) is 3.29. The van der Waals surface area contributed by atoms with E-state index in [0.717, 1.165) is 0 Å². The Morgan fingerprint density at radius 3 is 2.21 bits per heavy atom. The summed E-state index contributed by atoms with van der Waals surface area (Å²) < 4.78 is 0. The third-order valence-electron chi connectivity index (χ3n) is 3.62. The molecule has 0 unspecified atom stereocenters. The predicted octanol–water partition coefficient (Wildman–Crippen LogP) is 3.67. The van der Waals surface area contributed by atoms with Gasteiger partial charge >= 0.3 is 0 Å². The summed E-state index contributed by atoms with van der Waals surface area (Å²) in [5, 5.41) is 1.18. The van der Waals surface area contributed by atoms with Crippen LogP contribution in [0.2, 0.25) is 0 Å². The van der Waals surface area contributed by atoms with E-state index in [-0.39, 0.29) is 0 Å². The zero-order chi connectivity index (χ0) is 10.6. The van der Waals surface area contributed by atoms with Crippen LogP contribution in [0.4, 0.5) is 0 Å². The third kappa shape index (κ3) is 2.96. The van der Waals surface area contributed by atoms with Crippen molar-refractivity contribution in [3.05, 3.63) is 0 Å². The zero-order valence-corrected chi connectivity index (χ0v) is 11.4. The molecule has 1 aliphatic rings. The summed E-state index contributed by atoms with van der Waals surface area (Å²) in [6.45, 7) is 9.36. The first-order valence-electron chi connectivity index (χ1n) is 5.93. The SMILES string of the molecule is CCN(CC1(CBr)CCCC1)C(C)C. The van der Waals surface area contributed by atoms with Crippen molar-refractivity contribution < 1.29 is 0 Å². The van der Waals surface area contributed by atoms with E-state index in [1.54, 1.807) is 0 Å². The summed E-state index contributed by atoms with van der Waals surface area (Å²) in [5.41, 5.74) is 0.584. The lowest BCUT2D eigenvalue weighted by molar-refractivity contribution is 0.147. The van der Waals surface area contributed by atoms with Crippen molar-refractivity contribution in [2.45, 2.75) is 52.5 Å². The zero-order valence-electron chi connectivity index (χ0n) is 9.85. The van der Waals surface area contributed by atoms with E-state index in [1.165, 1.54) is 44.1 Å². The second-order valence-electron chi connectivity index (χ2n) is 5.00. The summed E-state index contributed by atoms with van der Waals surface area (Å²) in [6, 6.07) is 0.691. The van der Waals surface area contributed by atoms with E-state index in [9.17, 15) is 0 Å². The minimum absolute atomic E-state index is 0.584. The summed E-state index contributed by atoms with van der Waals surface area (Å²) in [5.74, 6) is 0. The highest BCUT2D eigenvalue weighted by Gasteiger charge is 2.34. The molecule has 0 aromatic rings. The van der Waals surface area contributed by atoms with Gasteiger partial charge in [-0.25, -0.2) is 0 Å². The van der Waals surface area contributed by atoms with Crippen LogP contribution in [0.1, 0.15) is 46.5 Å². The summed E-state index contributed by atoms with van der Waals surface area (Å²) in [6.07, 6.45) is 5.70. The predicted molar refractivity (Wildman–Crippen MR) is 67.1 cm³/mol. The van der Waals surface area contributed by atoms with Crippen molar-refractivity contribution in [3.63, 3.8) is 0 Å². The smallest absolute Gasteiger partial charge is 0.0100 e. The minimum Gasteiger partial charge on any atom is -0.301 e. The standard InChI is InChI=1S/C12H24BrN/c1-4-14(11(2)3)10-12(9-13)7-5-6-8-12/h11H,4-10H2,1-3H3. The average molecular weight is 262 g/mol. The van der Waals surface area contributed by atoms with E-state index in [4.69, 9.17) is 0 Å². The van der Waals surface area contributed by atoms with Crippen LogP contribution in [0.25, 0.3) is 0 Å². The van der Waals surface area contributed by atoms with Gasteiger partial charge in [-0.1, -0.05) is 35.7 Å². The second kappa shape index (κ2) is 5.50. The van der Waals surface area contributed by atoms with Crippen LogP contribution in [-0.4, -0.2) is 29.4 Å². The first-order chi connectivity index (χ1) is 6.63. The molecule has 0 radical (unpaired) electrons. The molecule has 0 saturated heterocycles. The van der Waals surface area contributed by atoms with Gasteiger partial charge in [0.05, 0.1) is 0 Å². The first-order valence-corrected chi connectivity index (χ1v) is 7.06. The van der Waals surface area contributed by atoms with Gasteiger partial charge in [-0.3, -0.25) is 0 Å². The minimum atomic E-state index is 0.584. The number of alkyl halides is 1. The van der Waals surface area contributed by atoms with E-state index < -0.39 is 0 Å². The van der Waals surface area contributed by atoms with Crippen molar-refractivity contribution in [1.82, 2.24) is 4.90 Å². The van der Waals surface area contributed by atoms with Crippen molar-refractivity contribution >= 4 is 15.9 Å². The molecule has 0 bridgehead atoms. The van der Waals surface area contributed by atoms with Crippen LogP contribution in [-0.2, 0) is 0 Å². The van der Waals surface area contributed by atoms with Gasteiger partial charge in [0.15, 0.2) is 0 Å². The Labute approximate surface area is 97.4 Å². The maximum absolute atomic E-state index is 3.71. The van der Waals surface area contributed by atoms with E-state index in [0.29, 0.717) is 11.5 Å².